The molecule has 1 saturated heterocycles. The molecular formula is C20H22N2O2. The predicted molar refractivity (Wildman–Crippen MR) is 93.4 cm³/mol. The van der Waals surface area contributed by atoms with Crippen molar-refractivity contribution in [3.63, 3.8) is 0 Å². The van der Waals surface area contributed by atoms with Crippen molar-refractivity contribution >= 4 is 11.8 Å². The van der Waals surface area contributed by atoms with Crippen molar-refractivity contribution in [3.8, 4) is 0 Å². The topological polar surface area (TPSA) is 49.4 Å². The third-order valence-electron chi connectivity index (χ3n) is 4.44. The van der Waals surface area contributed by atoms with Crippen LogP contribution in [0, 0.1) is 0 Å². The lowest BCUT2D eigenvalue weighted by atomic mass is 10.0. The average molecular weight is 322 g/mol. The van der Waals surface area contributed by atoms with Gasteiger partial charge in [0.15, 0.2) is 0 Å². The quantitative estimate of drug-likeness (QED) is 0.939. The van der Waals surface area contributed by atoms with E-state index in [9.17, 15) is 9.59 Å². The van der Waals surface area contributed by atoms with Crippen LogP contribution in [0.1, 0.15) is 47.3 Å². The number of carbonyl (C=O) groups is 2. The maximum atomic E-state index is 12.9. The summed E-state index contributed by atoms with van der Waals surface area (Å²) in [6.07, 6.45) is 2.04. The Kier molecular flexibility index (Phi) is 4.94. The number of benzene rings is 2. The molecule has 2 amide bonds. The standard InChI is InChI=1S/C20H22N2O2/c1-15(23)21-14-16-9-11-18(12-10-16)20(24)22-13-5-8-19(22)17-6-3-2-4-7-17/h2-4,6-7,9-12,19H,5,8,13-14H2,1H3,(H,21,23). The highest BCUT2D eigenvalue weighted by Gasteiger charge is 2.30. The summed E-state index contributed by atoms with van der Waals surface area (Å²) >= 11 is 0. The molecule has 2 aromatic carbocycles. The second-order valence-corrected chi connectivity index (χ2v) is 6.17. The van der Waals surface area contributed by atoms with Crippen LogP contribution in [0.25, 0.3) is 0 Å². The molecule has 1 N–H and O–H groups in total. The van der Waals surface area contributed by atoms with Gasteiger partial charge in [0.05, 0.1) is 6.04 Å². The van der Waals surface area contributed by atoms with E-state index in [4.69, 9.17) is 0 Å². The third-order valence-corrected chi connectivity index (χ3v) is 4.44. The van der Waals surface area contributed by atoms with E-state index in [1.807, 2.05) is 47.4 Å². The monoisotopic (exact) mass is 322 g/mol. The molecule has 0 saturated carbocycles. The highest BCUT2D eigenvalue weighted by Crippen LogP contribution is 2.32. The molecule has 0 aromatic heterocycles. The Morgan fingerprint density at radius 1 is 1.08 bits per heavy atom. The molecule has 0 bridgehead atoms. The number of hydrogen-bond acceptors (Lipinski definition) is 2. The minimum atomic E-state index is -0.0575. The average Bonchev–Trinajstić information content (AvgIpc) is 3.10. The number of amides is 2. The van der Waals surface area contributed by atoms with E-state index in [-0.39, 0.29) is 17.9 Å². The summed E-state index contributed by atoms with van der Waals surface area (Å²) in [5, 5.41) is 2.76. The number of rotatable bonds is 4. The number of nitrogens with one attached hydrogen (secondary N) is 1. The number of carbonyl (C=O) groups excluding carboxylic acids is 2. The van der Waals surface area contributed by atoms with Crippen LogP contribution in [0.15, 0.2) is 54.6 Å². The van der Waals surface area contributed by atoms with E-state index in [2.05, 4.69) is 17.4 Å². The maximum absolute atomic E-state index is 12.9. The molecule has 1 fully saturated rings. The van der Waals surface area contributed by atoms with E-state index >= 15 is 0 Å². The molecule has 1 unspecified atom stereocenters. The summed E-state index contributed by atoms with van der Waals surface area (Å²) in [4.78, 5) is 25.8. The first-order chi connectivity index (χ1) is 11.6. The van der Waals surface area contributed by atoms with Gasteiger partial charge in [-0.2, -0.15) is 0 Å². The van der Waals surface area contributed by atoms with Gasteiger partial charge in [0, 0.05) is 25.6 Å². The van der Waals surface area contributed by atoms with E-state index in [1.165, 1.54) is 12.5 Å². The van der Waals surface area contributed by atoms with E-state index in [1.54, 1.807) is 0 Å². The predicted octanol–water partition coefficient (Wildman–Crippen LogP) is 3.30. The maximum Gasteiger partial charge on any atom is 0.254 e. The van der Waals surface area contributed by atoms with E-state index < -0.39 is 0 Å². The zero-order valence-corrected chi connectivity index (χ0v) is 13.9. The number of hydrogen-bond donors (Lipinski definition) is 1. The molecule has 124 valence electrons. The van der Waals surface area contributed by atoms with Gasteiger partial charge in [-0.05, 0) is 36.1 Å². The van der Waals surface area contributed by atoms with Gasteiger partial charge in [0.1, 0.15) is 0 Å². The smallest absolute Gasteiger partial charge is 0.254 e. The minimum absolute atomic E-state index is 0.0575. The summed E-state index contributed by atoms with van der Waals surface area (Å²) in [5.41, 5.74) is 2.89. The molecule has 0 aliphatic carbocycles. The van der Waals surface area contributed by atoms with Crippen molar-refractivity contribution in [2.24, 2.45) is 0 Å². The molecule has 0 spiro atoms. The van der Waals surface area contributed by atoms with Gasteiger partial charge in [-0.3, -0.25) is 9.59 Å². The van der Waals surface area contributed by atoms with Gasteiger partial charge in [-0.15, -0.1) is 0 Å². The van der Waals surface area contributed by atoms with E-state index in [0.29, 0.717) is 12.1 Å². The van der Waals surface area contributed by atoms with Gasteiger partial charge < -0.3 is 10.2 Å². The normalized spacial score (nSPS) is 16.9. The van der Waals surface area contributed by atoms with Crippen LogP contribution in [-0.2, 0) is 11.3 Å². The summed E-state index contributed by atoms with van der Waals surface area (Å²) in [7, 11) is 0. The molecule has 1 aliphatic heterocycles. The zero-order valence-electron chi connectivity index (χ0n) is 13.9. The van der Waals surface area contributed by atoms with Gasteiger partial charge in [0.25, 0.3) is 5.91 Å². The molecule has 1 aliphatic rings. The Bertz CT molecular complexity index is 710. The van der Waals surface area contributed by atoms with Crippen LogP contribution < -0.4 is 5.32 Å². The highest BCUT2D eigenvalue weighted by atomic mass is 16.2. The number of nitrogens with zero attached hydrogens (tertiary/aromatic N) is 1. The lowest BCUT2D eigenvalue weighted by molar-refractivity contribution is -0.119. The highest BCUT2D eigenvalue weighted by molar-refractivity contribution is 5.94. The van der Waals surface area contributed by atoms with Gasteiger partial charge in [0.2, 0.25) is 5.91 Å². The van der Waals surface area contributed by atoms with Gasteiger partial charge >= 0.3 is 0 Å². The Morgan fingerprint density at radius 2 is 1.79 bits per heavy atom. The Hall–Kier alpha value is -2.62. The second-order valence-electron chi connectivity index (χ2n) is 6.17. The fourth-order valence-electron chi connectivity index (χ4n) is 3.19. The molecule has 3 rings (SSSR count). The summed E-state index contributed by atoms with van der Waals surface area (Å²) < 4.78 is 0. The molecule has 4 nitrogen and oxygen atoms in total. The fourth-order valence-corrected chi connectivity index (χ4v) is 3.19. The molecule has 24 heavy (non-hydrogen) atoms. The lowest BCUT2D eigenvalue weighted by Gasteiger charge is -2.25. The summed E-state index contributed by atoms with van der Waals surface area (Å²) in [5.74, 6) is 0.0188. The summed E-state index contributed by atoms with van der Waals surface area (Å²) in [6.45, 7) is 2.78. The first-order valence-electron chi connectivity index (χ1n) is 8.34. The second kappa shape index (κ2) is 7.30. The molecule has 1 atom stereocenters. The van der Waals surface area contributed by atoms with Crippen LogP contribution in [0.5, 0.6) is 0 Å². The van der Waals surface area contributed by atoms with Crippen molar-refractivity contribution < 1.29 is 9.59 Å². The van der Waals surface area contributed by atoms with Crippen LogP contribution >= 0.6 is 0 Å². The first kappa shape index (κ1) is 16.2. The van der Waals surface area contributed by atoms with Gasteiger partial charge in [-0.1, -0.05) is 42.5 Å². The summed E-state index contributed by atoms with van der Waals surface area (Å²) in [6, 6.07) is 17.9. The van der Waals surface area contributed by atoms with Crippen molar-refractivity contribution in [2.45, 2.75) is 32.4 Å². The number of likely N-dealkylation sites (tertiary alicyclic amines) is 1. The largest absolute Gasteiger partial charge is 0.352 e. The Labute approximate surface area is 142 Å². The first-order valence-corrected chi connectivity index (χ1v) is 8.34. The van der Waals surface area contributed by atoms with Crippen molar-refractivity contribution in [1.29, 1.82) is 0 Å². The molecule has 2 aromatic rings. The van der Waals surface area contributed by atoms with Gasteiger partial charge in [-0.25, -0.2) is 0 Å². The molecule has 0 radical (unpaired) electrons. The SMILES string of the molecule is CC(=O)NCc1ccc(C(=O)N2CCCC2c2ccccc2)cc1. The molecular weight excluding hydrogens is 300 g/mol. The van der Waals surface area contributed by atoms with Crippen LogP contribution in [0.2, 0.25) is 0 Å². The third kappa shape index (κ3) is 3.65. The molecule has 1 heterocycles. The van der Waals surface area contributed by atoms with Crippen LogP contribution in [0.3, 0.4) is 0 Å². The van der Waals surface area contributed by atoms with E-state index in [0.717, 1.165) is 24.9 Å². The van der Waals surface area contributed by atoms with Crippen LogP contribution in [-0.4, -0.2) is 23.3 Å². The minimum Gasteiger partial charge on any atom is -0.352 e. The van der Waals surface area contributed by atoms with Crippen molar-refractivity contribution in [1.82, 2.24) is 10.2 Å². The molecule has 4 heteroatoms. The zero-order chi connectivity index (χ0) is 16.9. The lowest BCUT2D eigenvalue weighted by Crippen LogP contribution is -2.30. The Morgan fingerprint density at radius 3 is 2.46 bits per heavy atom. The van der Waals surface area contributed by atoms with Crippen molar-refractivity contribution in [3.05, 3.63) is 71.3 Å². The fraction of sp³-hybridized carbons (Fsp3) is 0.300. The van der Waals surface area contributed by atoms with Crippen LogP contribution in [0.4, 0.5) is 0 Å². The van der Waals surface area contributed by atoms with Crippen molar-refractivity contribution in [2.75, 3.05) is 6.54 Å². The Balaban J connectivity index is 1.72.